The average molecular weight is 542 g/mol. The number of nitrogens with zero attached hydrogens (tertiary/aromatic N) is 2. The fourth-order valence-electron chi connectivity index (χ4n) is 3.69. The topological polar surface area (TPSA) is 86.8 Å². The highest BCUT2D eigenvalue weighted by Crippen LogP contribution is 2.25. The first-order chi connectivity index (χ1) is 17.6. The van der Waals surface area contributed by atoms with Crippen molar-refractivity contribution in [3.8, 4) is 0 Å². The molecule has 0 aliphatic rings. The Labute approximate surface area is 224 Å². The lowest BCUT2D eigenvalue weighted by Gasteiger charge is -2.32. The van der Waals surface area contributed by atoms with Crippen molar-refractivity contribution in [3.63, 3.8) is 0 Å². The minimum atomic E-state index is -4.11. The van der Waals surface area contributed by atoms with Crippen LogP contribution in [0.4, 0.5) is 5.69 Å². The Hall–Kier alpha value is -3.36. The van der Waals surface area contributed by atoms with E-state index in [2.05, 4.69) is 5.32 Å². The highest BCUT2D eigenvalue weighted by atomic mass is 35.5. The van der Waals surface area contributed by atoms with E-state index < -0.39 is 28.5 Å². The summed E-state index contributed by atoms with van der Waals surface area (Å²) in [6.07, 6.45) is 0.742. The van der Waals surface area contributed by atoms with Gasteiger partial charge in [-0.25, -0.2) is 8.42 Å². The molecular weight excluding hydrogens is 510 g/mol. The zero-order valence-electron chi connectivity index (χ0n) is 21.2. The van der Waals surface area contributed by atoms with E-state index >= 15 is 0 Å². The molecule has 7 nitrogen and oxygen atoms in total. The molecule has 0 aliphatic carbocycles. The van der Waals surface area contributed by atoms with Crippen LogP contribution < -0.4 is 9.62 Å². The molecule has 196 valence electrons. The number of amides is 2. The molecule has 0 heterocycles. The zero-order valence-corrected chi connectivity index (χ0v) is 22.7. The molecule has 3 rings (SSSR count). The molecule has 0 fully saturated rings. The van der Waals surface area contributed by atoms with Gasteiger partial charge in [-0.15, -0.1) is 0 Å². The lowest BCUT2D eigenvalue weighted by atomic mass is 10.1. The number of para-hydroxylation sites is 1. The van der Waals surface area contributed by atoms with Gasteiger partial charge in [-0.1, -0.05) is 67.1 Å². The second-order valence-corrected chi connectivity index (χ2v) is 11.1. The quantitative estimate of drug-likeness (QED) is 0.375. The molecule has 0 bridgehead atoms. The number of sulfonamides is 1. The molecular formula is C28H32ClN3O4S. The maximum absolute atomic E-state index is 13.8. The number of carbonyl (C=O) groups excluding carboxylic acids is 2. The number of carbonyl (C=O) groups is 2. The normalized spacial score (nSPS) is 12.9. The molecule has 0 aromatic heterocycles. The Morgan fingerprint density at radius 2 is 1.46 bits per heavy atom. The summed E-state index contributed by atoms with van der Waals surface area (Å²) in [5, 5.41) is 3.32. The third-order valence-corrected chi connectivity index (χ3v) is 8.13. The van der Waals surface area contributed by atoms with Crippen molar-refractivity contribution >= 4 is 39.1 Å². The second kappa shape index (κ2) is 12.7. The van der Waals surface area contributed by atoms with Gasteiger partial charge >= 0.3 is 0 Å². The maximum atomic E-state index is 13.8. The average Bonchev–Trinajstić information content (AvgIpc) is 2.91. The molecule has 3 aromatic carbocycles. The monoisotopic (exact) mass is 541 g/mol. The van der Waals surface area contributed by atoms with Gasteiger partial charge in [0.15, 0.2) is 0 Å². The van der Waals surface area contributed by atoms with Crippen molar-refractivity contribution in [2.75, 3.05) is 10.8 Å². The van der Waals surface area contributed by atoms with Crippen LogP contribution in [-0.4, -0.2) is 43.8 Å². The van der Waals surface area contributed by atoms with Crippen LogP contribution in [0.15, 0.2) is 89.8 Å². The van der Waals surface area contributed by atoms with E-state index in [4.69, 9.17) is 11.6 Å². The van der Waals surface area contributed by atoms with E-state index in [1.807, 2.05) is 44.2 Å². The minimum absolute atomic E-state index is 0.00530. The number of halogens is 1. The van der Waals surface area contributed by atoms with E-state index in [9.17, 15) is 18.0 Å². The SMILES string of the molecule is CC[C@@H](C)NC(=O)[C@@H](C)N(Cc1ccccc1)C(=O)CN(c1ccccc1)S(=O)(=O)c1ccc(Cl)cc1. The fraction of sp³-hybridized carbons (Fsp3) is 0.286. The summed E-state index contributed by atoms with van der Waals surface area (Å²) >= 11 is 5.97. The highest BCUT2D eigenvalue weighted by Gasteiger charge is 2.32. The summed E-state index contributed by atoms with van der Waals surface area (Å²) in [5.41, 5.74) is 1.16. The van der Waals surface area contributed by atoms with Crippen LogP contribution in [0.2, 0.25) is 5.02 Å². The van der Waals surface area contributed by atoms with Gasteiger partial charge in [-0.3, -0.25) is 13.9 Å². The first-order valence-electron chi connectivity index (χ1n) is 12.1. The second-order valence-electron chi connectivity index (χ2n) is 8.80. The molecule has 0 radical (unpaired) electrons. The highest BCUT2D eigenvalue weighted by molar-refractivity contribution is 7.92. The summed E-state index contributed by atoms with van der Waals surface area (Å²) < 4.78 is 28.4. The van der Waals surface area contributed by atoms with Gasteiger partial charge in [0.2, 0.25) is 11.8 Å². The number of anilines is 1. The number of hydrogen-bond donors (Lipinski definition) is 1. The lowest BCUT2D eigenvalue weighted by molar-refractivity contribution is -0.139. The van der Waals surface area contributed by atoms with Crippen molar-refractivity contribution in [3.05, 3.63) is 95.5 Å². The van der Waals surface area contributed by atoms with Crippen molar-refractivity contribution < 1.29 is 18.0 Å². The van der Waals surface area contributed by atoms with E-state index in [0.29, 0.717) is 10.7 Å². The Morgan fingerprint density at radius 3 is 2.03 bits per heavy atom. The summed E-state index contributed by atoms with van der Waals surface area (Å²) in [4.78, 5) is 28.2. The summed E-state index contributed by atoms with van der Waals surface area (Å²) in [5.74, 6) is -0.803. The molecule has 2 atom stereocenters. The first kappa shape index (κ1) is 28.2. The Bertz CT molecular complexity index is 1290. The third kappa shape index (κ3) is 7.33. The number of hydrogen-bond acceptors (Lipinski definition) is 4. The van der Waals surface area contributed by atoms with Crippen LogP contribution in [0.3, 0.4) is 0 Å². The predicted molar refractivity (Wildman–Crippen MR) is 147 cm³/mol. The number of benzene rings is 3. The molecule has 0 saturated carbocycles. The fourth-order valence-corrected chi connectivity index (χ4v) is 5.23. The maximum Gasteiger partial charge on any atom is 0.264 e. The van der Waals surface area contributed by atoms with E-state index in [0.717, 1.165) is 16.3 Å². The smallest absolute Gasteiger partial charge is 0.264 e. The standard InChI is InChI=1S/C28H32ClN3O4S/c1-4-21(2)30-28(34)22(3)31(19-23-11-7-5-8-12-23)27(33)20-32(25-13-9-6-10-14-25)37(35,36)26-17-15-24(29)16-18-26/h5-18,21-22H,4,19-20H2,1-3H3,(H,30,34)/t21-,22-/m1/s1. The van der Waals surface area contributed by atoms with Crippen molar-refractivity contribution in [2.45, 2.75) is 50.7 Å². The van der Waals surface area contributed by atoms with E-state index in [1.54, 1.807) is 37.3 Å². The minimum Gasteiger partial charge on any atom is -0.352 e. The van der Waals surface area contributed by atoms with Crippen LogP contribution >= 0.6 is 11.6 Å². The van der Waals surface area contributed by atoms with Crippen LogP contribution in [-0.2, 0) is 26.2 Å². The van der Waals surface area contributed by atoms with Gasteiger partial charge < -0.3 is 10.2 Å². The summed E-state index contributed by atoms with van der Waals surface area (Å²) in [7, 11) is -4.11. The summed E-state index contributed by atoms with van der Waals surface area (Å²) in [6.45, 7) is 5.17. The predicted octanol–water partition coefficient (Wildman–Crippen LogP) is 4.87. The third-order valence-electron chi connectivity index (χ3n) is 6.09. The Morgan fingerprint density at radius 1 is 0.892 bits per heavy atom. The lowest BCUT2D eigenvalue weighted by Crippen LogP contribution is -2.52. The van der Waals surface area contributed by atoms with E-state index in [1.165, 1.54) is 29.2 Å². The van der Waals surface area contributed by atoms with Gasteiger partial charge in [0.05, 0.1) is 10.6 Å². The molecule has 2 amide bonds. The molecule has 0 aliphatic heterocycles. The molecule has 9 heteroatoms. The van der Waals surface area contributed by atoms with Crippen LogP contribution in [0, 0.1) is 0 Å². The van der Waals surface area contributed by atoms with Crippen LogP contribution in [0.5, 0.6) is 0 Å². The number of nitrogens with one attached hydrogen (secondary N) is 1. The van der Waals surface area contributed by atoms with Crippen molar-refractivity contribution in [2.24, 2.45) is 0 Å². The zero-order chi connectivity index (χ0) is 27.0. The molecule has 0 saturated heterocycles. The van der Waals surface area contributed by atoms with E-state index in [-0.39, 0.29) is 23.4 Å². The largest absolute Gasteiger partial charge is 0.352 e. The summed E-state index contributed by atoms with van der Waals surface area (Å²) in [6, 6.07) is 22.6. The molecule has 3 aromatic rings. The van der Waals surface area contributed by atoms with Gasteiger partial charge in [-0.05, 0) is 62.2 Å². The van der Waals surface area contributed by atoms with Gasteiger partial charge in [0.1, 0.15) is 12.6 Å². The Balaban J connectivity index is 1.98. The van der Waals surface area contributed by atoms with Crippen molar-refractivity contribution in [1.29, 1.82) is 0 Å². The van der Waals surface area contributed by atoms with Crippen LogP contribution in [0.1, 0.15) is 32.8 Å². The Kier molecular flexibility index (Phi) is 9.72. The molecule has 0 unspecified atom stereocenters. The molecule has 37 heavy (non-hydrogen) atoms. The van der Waals surface area contributed by atoms with Gasteiger partial charge in [-0.2, -0.15) is 0 Å². The van der Waals surface area contributed by atoms with Gasteiger partial charge in [0.25, 0.3) is 10.0 Å². The van der Waals surface area contributed by atoms with Crippen LogP contribution in [0.25, 0.3) is 0 Å². The number of rotatable bonds is 11. The molecule has 0 spiro atoms. The van der Waals surface area contributed by atoms with Gasteiger partial charge in [0, 0.05) is 17.6 Å². The van der Waals surface area contributed by atoms with Crippen molar-refractivity contribution in [1.82, 2.24) is 10.2 Å². The first-order valence-corrected chi connectivity index (χ1v) is 13.9. The molecule has 1 N–H and O–H groups in total.